The molecule has 1 saturated carbocycles. The number of imidazole rings is 1. The SMILES string of the molecule is CCCNCC1CCC1n1ccnc1CC. The van der Waals surface area contributed by atoms with Crippen molar-refractivity contribution >= 4 is 0 Å². The number of hydrogen-bond donors (Lipinski definition) is 1. The van der Waals surface area contributed by atoms with E-state index in [0.717, 1.165) is 18.9 Å². The first-order valence-corrected chi connectivity index (χ1v) is 6.59. The molecule has 0 radical (unpaired) electrons. The van der Waals surface area contributed by atoms with Gasteiger partial charge in [-0.25, -0.2) is 4.98 Å². The molecule has 0 amide bonds. The lowest BCUT2D eigenvalue weighted by Gasteiger charge is -2.38. The third-order valence-corrected chi connectivity index (χ3v) is 3.63. The number of nitrogens with one attached hydrogen (secondary N) is 1. The van der Waals surface area contributed by atoms with Crippen molar-refractivity contribution in [2.24, 2.45) is 5.92 Å². The van der Waals surface area contributed by atoms with E-state index in [0.29, 0.717) is 6.04 Å². The Bertz CT molecular complexity index is 319. The fourth-order valence-electron chi connectivity index (χ4n) is 2.54. The van der Waals surface area contributed by atoms with Crippen LogP contribution in [0.5, 0.6) is 0 Å². The van der Waals surface area contributed by atoms with Gasteiger partial charge in [0.05, 0.1) is 0 Å². The van der Waals surface area contributed by atoms with Gasteiger partial charge in [-0.15, -0.1) is 0 Å². The normalized spacial score (nSPS) is 24.4. The Kier molecular flexibility index (Phi) is 3.99. The van der Waals surface area contributed by atoms with Gasteiger partial charge in [-0.05, 0) is 38.3 Å². The fraction of sp³-hybridized carbons (Fsp3) is 0.769. The Balaban J connectivity index is 1.90. The molecule has 2 atom stereocenters. The van der Waals surface area contributed by atoms with Gasteiger partial charge >= 0.3 is 0 Å². The molecule has 3 heteroatoms. The number of aromatic nitrogens is 2. The van der Waals surface area contributed by atoms with Crippen molar-refractivity contribution < 1.29 is 0 Å². The summed E-state index contributed by atoms with van der Waals surface area (Å²) < 4.78 is 2.39. The molecule has 1 N–H and O–H groups in total. The second-order valence-electron chi connectivity index (χ2n) is 4.71. The maximum atomic E-state index is 4.41. The quantitative estimate of drug-likeness (QED) is 0.748. The fourth-order valence-corrected chi connectivity index (χ4v) is 2.54. The number of rotatable bonds is 6. The molecule has 16 heavy (non-hydrogen) atoms. The predicted octanol–water partition coefficient (Wildman–Crippen LogP) is 2.40. The van der Waals surface area contributed by atoms with E-state index in [9.17, 15) is 0 Å². The predicted molar refractivity (Wildman–Crippen MR) is 66.5 cm³/mol. The van der Waals surface area contributed by atoms with Crippen molar-refractivity contribution in [2.45, 2.75) is 45.6 Å². The second kappa shape index (κ2) is 5.48. The Morgan fingerprint density at radius 2 is 2.31 bits per heavy atom. The number of nitrogens with zero attached hydrogens (tertiary/aromatic N) is 2. The summed E-state index contributed by atoms with van der Waals surface area (Å²) in [5.74, 6) is 2.05. The highest BCUT2D eigenvalue weighted by Gasteiger charge is 2.32. The maximum absolute atomic E-state index is 4.41. The summed E-state index contributed by atoms with van der Waals surface area (Å²) >= 11 is 0. The van der Waals surface area contributed by atoms with Crippen LogP contribution >= 0.6 is 0 Å². The van der Waals surface area contributed by atoms with Crippen molar-refractivity contribution in [3.05, 3.63) is 18.2 Å². The molecule has 0 aliphatic heterocycles. The average molecular weight is 221 g/mol. The van der Waals surface area contributed by atoms with Crippen LogP contribution in [-0.2, 0) is 6.42 Å². The number of hydrogen-bond acceptors (Lipinski definition) is 2. The molecule has 90 valence electrons. The molecule has 1 fully saturated rings. The minimum atomic E-state index is 0.696. The van der Waals surface area contributed by atoms with Gasteiger partial charge in [0.15, 0.2) is 0 Å². The lowest BCUT2D eigenvalue weighted by Crippen LogP contribution is -2.37. The van der Waals surface area contributed by atoms with Crippen LogP contribution in [0.1, 0.15) is 45.0 Å². The van der Waals surface area contributed by atoms with Gasteiger partial charge in [-0.2, -0.15) is 0 Å². The Hall–Kier alpha value is -0.830. The third-order valence-electron chi connectivity index (χ3n) is 3.63. The third kappa shape index (κ3) is 2.29. The summed E-state index contributed by atoms with van der Waals surface area (Å²) in [6.45, 7) is 6.71. The molecule has 2 unspecified atom stereocenters. The number of aryl methyl sites for hydroxylation is 1. The monoisotopic (exact) mass is 221 g/mol. The van der Waals surface area contributed by atoms with Crippen LogP contribution in [0.2, 0.25) is 0 Å². The van der Waals surface area contributed by atoms with Gasteiger partial charge in [-0.1, -0.05) is 13.8 Å². The van der Waals surface area contributed by atoms with Gasteiger partial charge in [0.2, 0.25) is 0 Å². The zero-order valence-corrected chi connectivity index (χ0v) is 10.4. The first kappa shape index (κ1) is 11.6. The summed E-state index contributed by atoms with van der Waals surface area (Å²) in [5.41, 5.74) is 0. The van der Waals surface area contributed by atoms with Crippen LogP contribution in [-0.4, -0.2) is 22.6 Å². The van der Waals surface area contributed by atoms with Crippen LogP contribution in [0.3, 0.4) is 0 Å². The largest absolute Gasteiger partial charge is 0.332 e. The van der Waals surface area contributed by atoms with Crippen molar-refractivity contribution in [2.75, 3.05) is 13.1 Å². The second-order valence-corrected chi connectivity index (χ2v) is 4.71. The van der Waals surface area contributed by atoms with E-state index in [1.165, 1.54) is 31.6 Å². The highest BCUT2D eigenvalue weighted by Crippen LogP contribution is 2.38. The van der Waals surface area contributed by atoms with Crippen LogP contribution in [0.15, 0.2) is 12.4 Å². The summed E-state index contributed by atoms with van der Waals surface area (Å²) in [4.78, 5) is 4.41. The molecule has 0 saturated heterocycles. The van der Waals surface area contributed by atoms with Gasteiger partial charge in [0.1, 0.15) is 5.82 Å². The van der Waals surface area contributed by atoms with Gasteiger partial charge in [-0.3, -0.25) is 0 Å². The molecule has 1 aromatic rings. The van der Waals surface area contributed by atoms with E-state index in [-0.39, 0.29) is 0 Å². The Morgan fingerprint density at radius 3 is 2.94 bits per heavy atom. The van der Waals surface area contributed by atoms with Crippen molar-refractivity contribution in [1.82, 2.24) is 14.9 Å². The van der Waals surface area contributed by atoms with E-state index >= 15 is 0 Å². The maximum Gasteiger partial charge on any atom is 0.108 e. The lowest BCUT2D eigenvalue weighted by atomic mass is 9.79. The van der Waals surface area contributed by atoms with E-state index < -0.39 is 0 Å². The van der Waals surface area contributed by atoms with E-state index in [4.69, 9.17) is 0 Å². The Morgan fingerprint density at radius 1 is 1.44 bits per heavy atom. The summed E-state index contributed by atoms with van der Waals surface area (Å²) in [6.07, 6.45) is 9.04. The van der Waals surface area contributed by atoms with E-state index in [2.05, 4.69) is 34.9 Å². The summed E-state index contributed by atoms with van der Waals surface area (Å²) in [7, 11) is 0. The lowest BCUT2D eigenvalue weighted by molar-refractivity contribution is 0.174. The average Bonchev–Trinajstić information content (AvgIpc) is 2.70. The molecule has 0 aromatic carbocycles. The topological polar surface area (TPSA) is 29.9 Å². The molecule has 0 bridgehead atoms. The zero-order valence-electron chi connectivity index (χ0n) is 10.4. The van der Waals surface area contributed by atoms with Gasteiger partial charge in [0, 0.05) is 24.9 Å². The standard InChI is InChI=1S/C13H23N3/c1-3-7-14-10-11-5-6-12(11)16-9-8-15-13(16)4-2/h8-9,11-12,14H,3-7,10H2,1-2H3. The van der Waals surface area contributed by atoms with Crippen molar-refractivity contribution in [3.8, 4) is 0 Å². The van der Waals surface area contributed by atoms with Crippen LogP contribution < -0.4 is 5.32 Å². The Labute approximate surface area is 98.3 Å². The van der Waals surface area contributed by atoms with Crippen molar-refractivity contribution in [1.29, 1.82) is 0 Å². The van der Waals surface area contributed by atoms with Crippen LogP contribution in [0, 0.1) is 5.92 Å². The molecule has 1 aliphatic carbocycles. The highest BCUT2D eigenvalue weighted by atomic mass is 15.1. The van der Waals surface area contributed by atoms with Crippen molar-refractivity contribution in [3.63, 3.8) is 0 Å². The molecule has 1 aromatic heterocycles. The zero-order chi connectivity index (χ0) is 11.4. The molecular formula is C13H23N3. The first-order valence-electron chi connectivity index (χ1n) is 6.59. The van der Waals surface area contributed by atoms with Crippen LogP contribution in [0.25, 0.3) is 0 Å². The molecular weight excluding hydrogens is 198 g/mol. The molecule has 1 heterocycles. The minimum Gasteiger partial charge on any atom is -0.332 e. The first-order chi connectivity index (χ1) is 7.86. The van der Waals surface area contributed by atoms with Crippen LogP contribution in [0.4, 0.5) is 0 Å². The molecule has 3 nitrogen and oxygen atoms in total. The van der Waals surface area contributed by atoms with E-state index in [1.807, 2.05) is 6.20 Å². The van der Waals surface area contributed by atoms with Gasteiger partial charge < -0.3 is 9.88 Å². The molecule has 1 aliphatic rings. The van der Waals surface area contributed by atoms with Gasteiger partial charge in [0.25, 0.3) is 0 Å². The molecule has 2 rings (SSSR count). The smallest absolute Gasteiger partial charge is 0.108 e. The molecule has 0 spiro atoms. The minimum absolute atomic E-state index is 0.696. The highest BCUT2D eigenvalue weighted by molar-refractivity contribution is 4.99. The summed E-state index contributed by atoms with van der Waals surface area (Å²) in [6, 6.07) is 0.696. The summed E-state index contributed by atoms with van der Waals surface area (Å²) in [5, 5.41) is 3.53. The van der Waals surface area contributed by atoms with E-state index in [1.54, 1.807) is 0 Å².